The highest BCUT2D eigenvalue weighted by atomic mass is 32.2. The van der Waals surface area contributed by atoms with E-state index < -0.39 is 30.1 Å². The van der Waals surface area contributed by atoms with Crippen molar-refractivity contribution in [3.63, 3.8) is 0 Å². The number of thioether (sulfide) groups is 1. The van der Waals surface area contributed by atoms with Crippen molar-refractivity contribution in [3.8, 4) is 11.1 Å². The molecule has 2 atom stereocenters. The molecule has 2 amide bonds. The van der Waals surface area contributed by atoms with E-state index in [-0.39, 0.29) is 25.6 Å². The van der Waals surface area contributed by atoms with Crippen LogP contribution >= 0.6 is 11.8 Å². The second-order valence-electron chi connectivity index (χ2n) is 7.72. The number of benzene rings is 2. The molecule has 2 aromatic rings. The summed E-state index contributed by atoms with van der Waals surface area (Å²) in [6, 6.07) is 13.8. The molecule has 8 nitrogen and oxygen atoms in total. The van der Waals surface area contributed by atoms with E-state index in [1.54, 1.807) is 0 Å². The second-order valence-corrected chi connectivity index (χ2v) is 8.70. The zero-order valence-electron chi connectivity index (χ0n) is 18.3. The third-order valence-electron chi connectivity index (χ3n) is 5.60. The number of rotatable bonds is 11. The van der Waals surface area contributed by atoms with Crippen molar-refractivity contribution in [1.82, 2.24) is 10.6 Å². The molecular formula is C24H28N2O6S. The van der Waals surface area contributed by atoms with Gasteiger partial charge in [0.25, 0.3) is 0 Å². The van der Waals surface area contributed by atoms with E-state index >= 15 is 0 Å². The molecule has 9 heteroatoms. The smallest absolute Gasteiger partial charge is 0.407 e. The molecule has 0 saturated heterocycles. The molecule has 0 aliphatic heterocycles. The fraction of sp³-hybridized carbons (Fsp3) is 0.375. The Balaban J connectivity index is 1.65. The fourth-order valence-corrected chi connectivity index (χ4v) is 4.42. The maximum absolute atomic E-state index is 12.6. The number of aliphatic hydroxyl groups excluding tert-OH is 1. The summed E-state index contributed by atoms with van der Waals surface area (Å²) in [7, 11) is 0. The molecule has 3 rings (SSSR count). The molecule has 1 aliphatic carbocycles. The van der Waals surface area contributed by atoms with Gasteiger partial charge in [-0.3, -0.25) is 4.79 Å². The highest BCUT2D eigenvalue weighted by Crippen LogP contribution is 2.44. The summed E-state index contributed by atoms with van der Waals surface area (Å²) in [4.78, 5) is 36.5. The Morgan fingerprint density at radius 2 is 1.58 bits per heavy atom. The number of fused-ring (bicyclic) bond motifs is 3. The molecule has 1 aliphatic rings. The number of aliphatic hydroxyl groups is 1. The van der Waals surface area contributed by atoms with Gasteiger partial charge in [-0.05, 0) is 40.7 Å². The summed E-state index contributed by atoms with van der Waals surface area (Å²) in [6.45, 7) is -0.272. The van der Waals surface area contributed by atoms with Crippen LogP contribution in [0.2, 0.25) is 0 Å². The molecule has 4 N–H and O–H groups in total. The van der Waals surface area contributed by atoms with Crippen molar-refractivity contribution in [1.29, 1.82) is 0 Å². The molecule has 2 aromatic carbocycles. The predicted molar refractivity (Wildman–Crippen MR) is 126 cm³/mol. The molecule has 0 aromatic heterocycles. The number of hydrogen-bond donors (Lipinski definition) is 4. The first-order valence-electron chi connectivity index (χ1n) is 10.7. The highest BCUT2D eigenvalue weighted by molar-refractivity contribution is 7.98. The van der Waals surface area contributed by atoms with Gasteiger partial charge in [-0.1, -0.05) is 48.5 Å². The van der Waals surface area contributed by atoms with Gasteiger partial charge in [0.15, 0.2) is 0 Å². The van der Waals surface area contributed by atoms with Crippen LogP contribution in [0, 0.1) is 0 Å². The Hall–Kier alpha value is -3.04. The minimum absolute atomic E-state index is 0.109. The zero-order valence-corrected chi connectivity index (χ0v) is 19.1. The van der Waals surface area contributed by atoms with Gasteiger partial charge in [0.1, 0.15) is 18.7 Å². The first-order chi connectivity index (χ1) is 16.0. The zero-order chi connectivity index (χ0) is 23.8. The monoisotopic (exact) mass is 472 g/mol. The maximum Gasteiger partial charge on any atom is 0.407 e. The minimum atomic E-state index is -1.25. The summed E-state index contributed by atoms with van der Waals surface area (Å²) in [5, 5.41) is 23.2. The van der Waals surface area contributed by atoms with Crippen molar-refractivity contribution in [2.24, 2.45) is 0 Å². The number of alkyl carbamates (subject to hydrolysis) is 1. The van der Waals surface area contributed by atoms with Gasteiger partial charge in [-0.25, -0.2) is 9.59 Å². The molecule has 0 bridgehead atoms. The summed E-state index contributed by atoms with van der Waals surface area (Å²) in [5.74, 6) is -1.40. The number of aliphatic carboxylic acids is 1. The van der Waals surface area contributed by atoms with Crippen LogP contribution in [0.5, 0.6) is 0 Å². The largest absolute Gasteiger partial charge is 0.480 e. The number of amides is 2. The summed E-state index contributed by atoms with van der Waals surface area (Å²) in [6.07, 6.45) is 1.31. The summed E-state index contributed by atoms with van der Waals surface area (Å²) < 4.78 is 5.51. The number of carbonyl (C=O) groups is 3. The van der Waals surface area contributed by atoms with Crippen molar-refractivity contribution in [2.45, 2.75) is 30.8 Å². The predicted octanol–water partition coefficient (Wildman–Crippen LogP) is 2.60. The van der Waals surface area contributed by atoms with Crippen LogP contribution in [0.4, 0.5) is 4.79 Å². The van der Waals surface area contributed by atoms with E-state index in [1.807, 2.05) is 54.8 Å². The van der Waals surface area contributed by atoms with Gasteiger partial charge in [0.05, 0.1) is 0 Å². The third-order valence-corrected chi connectivity index (χ3v) is 6.24. The standard InChI is InChI=1S/C24H28N2O6S/c1-33-13-11-20(22(28)25-21(10-12-27)23(29)30)26-24(31)32-14-19-17-8-4-2-6-15(17)16-7-3-5-9-18(16)19/h2-9,19-21,27H,10-14H2,1H3,(H,25,28)(H,26,31)(H,29,30)/t20-,21?/m1/s1. The fourth-order valence-electron chi connectivity index (χ4n) is 3.95. The molecule has 176 valence electrons. The van der Waals surface area contributed by atoms with Crippen LogP contribution in [-0.4, -0.2) is 65.5 Å². The highest BCUT2D eigenvalue weighted by Gasteiger charge is 2.30. The number of nitrogens with one attached hydrogen (secondary N) is 2. The van der Waals surface area contributed by atoms with Crippen LogP contribution in [0.3, 0.4) is 0 Å². The number of ether oxygens (including phenoxy) is 1. The SMILES string of the molecule is CSCC[C@@H](NC(=O)OCC1c2ccccc2-c2ccccc21)C(=O)NC(CCO)C(=O)O. The molecule has 0 spiro atoms. The van der Waals surface area contributed by atoms with Gasteiger partial charge < -0.3 is 25.6 Å². The average molecular weight is 473 g/mol. The lowest BCUT2D eigenvalue weighted by molar-refractivity contribution is -0.142. The van der Waals surface area contributed by atoms with Crippen molar-refractivity contribution < 1.29 is 29.3 Å². The van der Waals surface area contributed by atoms with E-state index in [1.165, 1.54) is 11.8 Å². The maximum atomic E-state index is 12.6. The molecular weight excluding hydrogens is 444 g/mol. The quantitative estimate of drug-likeness (QED) is 0.396. The van der Waals surface area contributed by atoms with Gasteiger partial charge in [-0.2, -0.15) is 11.8 Å². The van der Waals surface area contributed by atoms with Crippen LogP contribution in [0.25, 0.3) is 11.1 Å². The van der Waals surface area contributed by atoms with Crippen LogP contribution in [0.1, 0.15) is 29.9 Å². The lowest BCUT2D eigenvalue weighted by Crippen LogP contribution is -2.52. The summed E-state index contributed by atoms with van der Waals surface area (Å²) >= 11 is 1.50. The van der Waals surface area contributed by atoms with Crippen LogP contribution in [0.15, 0.2) is 48.5 Å². The van der Waals surface area contributed by atoms with Gasteiger partial charge >= 0.3 is 12.1 Å². The minimum Gasteiger partial charge on any atom is -0.480 e. The molecule has 0 saturated carbocycles. The van der Waals surface area contributed by atoms with Gasteiger partial charge in [0.2, 0.25) is 5.91 Å². The van der Waals surface area contributed by atoms with E-state index in [0.717, 1.165) is 22.3 Å². The number of carboxylic acids is 1. The average Bonchev–Trinajstić information content (AvgIpc) is 3.13. The Kier molecular flexibility index (Phi) is 8.73. The molecule has 0 radical (unpaired) electrons. The first-order valence-corrected chi connectivity index (χ1v) is 12.1. The summed E-state index contributed by atoms with van der Waals surface area (Å²) in [5.41, 5.74) is 4.39. The Bertz CT molecular complexity index is 953. The van der Waals surface area contributed by atoms with Crippen LogP contribution in [-0.2, 0) is 14.3 Å². The first kappa shape index (κ1) is 24.6. The van der Waals surface area contributed by atoms with Gasteiger partial charge in [-0.15, -0.1) is 0 Å². The number of carboxylic acid groups (broad SMARTS) is 1. The Morgan fingerprint density at radius 1 is 0.970 bits per heavy atom. The van der Waals surface area contributed by atoms with E-state index in [0.29, 0.717) is 12.2 Å². The Morgan fingerprint density at radius 3 is 2.12 bits per heavy atom. The topological polar surface area (TPSA) is 125 Å². The Labute approximate surface area is 196 Å². The van der Waals surface area contributed by atoms with E-state index in [2.05, 4.69) is 10.6 Å². The third kappa shape index (κ3) is 6.06. The van der Waals surface area contributed by atoms with E-state index in [9.17, 15) is 19.5 Å². The second kappa shape index (κ2) is 11.7. The lowest BCUT2D eigenvalue weighted by Gasteiger charge is -2.21. The molecule has 1 unspecified atom stereocenters. The van der Waals surface area contributed by atoms with Crippen molar-refractivity contribution in [2.75, 3.05) is 25.2 Å². The van der Waals surface area contributed by atoms with E-state index in [4.69, 9.17) is 9.84 Å². The molecule has 0 heterocycles. The van der Waals surface area contributed by atoms with Crippen LogP contribution < -0.4 is 10.6 Å². The van der Waals surface area contributed by atoms with Crippen molar-refractivity contribution >= 4 is 29.7 Å². The van der Waals surface area contributed by atoms with Crippen molar-refractivity contribution in [3.05, 3.63) is 59.7 Å². The van der Waals surface area contributed by atoms with Gasteiger partial charge in [0, 0.05) is 18.9 Å². The molecule has 33 heavy (non-hydrogen) atoms. The number of hydrogen-bond acceptors (Lipinski definition) is 6. The normalized spacial score (nSPS) is 14.0. The number of carbonyl (C=O) groups excluding carboxylic acids is 2. The molecule has 0 fully saturated rings. The lowest BCUT2D eigenvalue weighted by atomic mass is 9.98.